The van der Waals surface area contributed by atoms with Crippen LogP contribution in [0.3, 0.4) is 0 Å². The third-order valence-electron chi connectivity index (χ3n) is 3.70. The highest BCUT2D eigenvalue weighted by molar-refractivity contribution is 7.15. The molecule has 0 aromatic carbocycles. The number of ether oxygens (including phenoxy) is 1. The Balaban J connectivity index is 1.89. The predicted octanol–water partition coefficient (Wildman–Crippen LogP) is 2.88. The first-order valence-electron chi connectivity index (χ1n) is 7.18. The first-order chi connectivity index (χ1) is 10.7. The van der Waals surface area contributed by atoms with Gasteiger partial charge in [0.05, 0.1) is 12.7 Å². The molecule has 3 rings (SSSR count). The van der Waals surface area contributed by atoms with Gasteiger partial charge in [-0.3, -0.25) is 9.48 Å². The molecule has 2 aromatic rings. The van der Waals surface area contributed by atoms with Gasteiger partial charge >= 0.3 is 5.97 Å². The first-order valence-corrected chi connectivity index (χ1v) is 8.06. The van der Waals surface area contributed by atoms with Gasteiger partial charge in [-0.05, 0) is 42.7 Å². The predicted molar refractivity (Wildman–Crippen MR) is 83.5 cm³/mol. The van der Waals surface area contributed by atoms with Crippen LogP contribution in [0.15, 0.2) is 17.6 Å². The second kappa shape index (κ2) is 5.92. The van der Waals surface area contributed by atoms with Gasteiger partial charge in [-0.2, -0.15) is 5.10 Å². The normalized spacial score (nSPS) is 13.9. The summed E-state index contributed by atoms with van der Waals surface area (Å²) >= 11 is 1.36. The summed E-state index contributed by atoms with van der Waals surface area (Å²) in [6, 6.07) is 1.66. The zero-order valence-electron chi connectivity index (χ0n) is 12.5. The van der Waals surface area contributed by atoms with Crippen molar-refractivity contribution in [2.45, 2.75) is 32.2 Å². The fraction of sp³-hybridized carbons (Fsp3) is 0.400. The SMILES string of the molecule is CCn1nccc1C(=O)Nc1scc(C2CC2)c1C(=O)OC. The smallest absolute Gasteiger partial charge is 0.341 e. The van der Waals surface area contributed by atoms with Gasteiger partial charge in [-0.1, -0.05) is 0 Å². The number of hydrogen-bond acceptors (Lipinski definition) is 5. The van der Waals surface area contributed by atoms with Crippen molar-refractivity contribution < 1.29 is 14.3 Å². The van der Waals surface area contributed by atoms with Gasteiger partial charge in [0.1, 0.15) is 10.7 Å². The zero-order valence-corrected chi connectivity index (χ0v) is 13.3. The number of amides is 1. The molecule has 6 nitrogen and oxygen atoms in total. The van der Waals surface area contributed by atoms with E-state index in [1.807, 2.05) is 12.3 Å². The van der Waals surface area contributed by atoms with E-state index in [0.717, 1.165) is 18.4 Å². The van der Waals surface area contributed by atoms with Crippen molar-refractivity contribution in [1.82, 2.24) is 9.78 Å². The lowest BCUT2D eigenvalue weighted by molar-refractivity contribution is 0.0601. The summed E-state index contributed by atoms with van der Waals surface area (Å²) in [6.07, 6.45) is 3.75. The van der Waals surface area contributed by atoms with Crippen molar-refractivity contribution in [3.63, 3.8) is 0 Å². The fourth-order valence-electron chi connectivity index (χ4n) is 2.42. The number of anilines is 1. The number of nitrogens with one attached hydrogen (secondary N) is 1. The van der Waals surface area contributed by atoms with E-state index in [0.29, 0.717) is 28.7 Å². The fourth-order valence-corrected chi connectivity index (χ4v) is 3.44. The van der Waals surface area contributed by atoms with E-state index in [-0.39, 0.29) is 5.91 Å². The van der Waals surface area contributed by atoms with Crippen molar-refractivity contribution in [3.8, 4) is 0 Å². The highest BCUT2D eigenvalue weighted by atomic mass is 32.1. The van der Waals surface area contributed by atoms with Gasteiger partial charge in [-0.25, -0.2) is 4.79 Å². The highest BCUT2D eigenvalue weighted by Gasteiger charge is 2.32. The van der Waals surface area contributed by atoms with E-state index in [1.165, 1.54) is 18.4 Å². The molecule has 0 radical (unpaired) electrons. The van der Waals surface area contributed by atoms with E-state index >= 15 is 0 Å². The summed E-state index contributed by atoms with van der Waals surface area (Å²) in [5.41, 5.74) is 1.95. The van der Waals surface area contributed by atoms with Gasteiger partial charge in [0.2, 0.25) is 0 Å². The number of nitrogens with zero attached hydrogens (tertiary/aromatic N) is 2. The Hall–Kier alpha value is -2.15. The molecule has 1 aliphatic rings. The third-order valence-corrected chi connectivity index (χ3v) is 4.62. The molecule has 1 N–H and O–H groups in total. The Bertz CT molecular complexity index is 715. The number of hydrogen-bond donors (Lipinski definition) is 1. The van der Waals surface area contributed by atoms with Crippen LogP contribution < -0.4 is 5.32 Å². The standard InChI is InChI=1S/C15H17N3O3S/c1-3-18-11(6-7-16-18)13(19)17-14-12(15(20)21-2)10(8-22-14)9-4-5-9/h6-9H,3-5H2,1-2H3,(H,17,19). The van der Waals surface area contributed by atoms with Crippen molar-refractivity contribution in [2.24, 2.45) is 0 Å². The first kappa shape index (κ1) is 14.8. The maximum Gasteiger partial charge on any atom is 0.341 e. The molecule has 1 fully saturated rings. The van der Waals surface area contributed by atoms with Crippen LogP contribution in [0.4, 0.5) is 5.00 Å². The van der Waals surface area contributed by atoms with E-state index in [4.69, 9.17) is 4.74 Å². The van der Waals surface area contributed by atoms with Crippen LogP contribution in [0.2, 0.25) is 0 Å². The van der Waals surface area contributed by atoms with Crippen LogP contribution in [-0.4, -0.2) is 28.8 Å². The average Bonchev–Trinajstić information content (AvgIpc) is 3.11. The molecule has 1 aliphatic carbocycles. The third kappa shape index (κ3) is 2.64. The molecule has 0 bridgehead atoms. The van der Waals surface area contributed by atoms with E-state index in [2.05, 4.69) is 10.4 Å². The number of methoxy groups -OCH3 is 1. The van der Waals surface area contributed by atoms with Gasteiger partial charge in [0, 0.05) is 12.7 Å². The van der Waals surface area contributed by atoms with Gasteiger partial charge in [0.15, 0.2) is 0 Å². The van der Waals surface area contributed by atoms with Crippen molar-refractivity contribution in [2.75, 3.05) is 12.4 Å². The monoisotopic (exact) mass is 319 g/mol. The van der Waals surface area contributed by atoms with Crippen LogP contribution in [0.25, 0.3) is 0 Å². The molecule has 1 amide bonds. The van der Waals surface area contributed by atoms with Crippen LogP contribution in [0, 0.1) is 0 Å². The van der Waals surface area contributed by atoms with Gasteiger partial charge in [-0.15, -0.1) is 11.3 Å². The molecule has 116 valence electrons. The molecule has 0 unspecified atom stereocenters. The van der Waals surface area contributed by atoms with Gasteiger partial charge in [0.25, 0.3) is 5.91 Å². The lowest BCUT2D eigenvalue weighted by atomic mass is 10.1. The molecule has 22 heavy (non-hydrogen) atoms. The average molecular weight is 319 g/mol. The highest BCUT2D eigenvalue weighted by Crippen LogP contribution is 2.46. The number of aryl methyl sites for hydroxylation is 1. The summed E-state index contributed by atoms with van der Waals surface area (Å²) in [5, 5.41) is 9.39. The number of thiophene rings is 1. The van der Waals surface area contributed by atoms with Gasteiger partial charge < -0.3 is 10.1 Å². The maximum atomic E-state index is 12.4. The zero-order chi connectivity index (χ0) is 15.7. The van der Waals surface area contributed by atoms with E-state index < -0.39 is 5.97 Å². The van der Waals surface area contributed by atoms with Crippen molar-refractivity contribution >= 4 is 28.2 Å². The number of aromatic nitrogens is 2. The van der Waals surface area contributed by atoms with Crippen LogP contribution >= 0.6 is 11.3 Å². The Labute approximate surface area is 132 Å². The van der Waals surface area contributed by atoms with Crippen LogP contribution in [0.1, 0.15) is 52.1 Å². The Kier molecular flexibility index (Phi) is 3.98. The minimum Gasteiger partial charge on any atom is -0.465 e. The lowest BCUT2D eigenvalue weighted by Crippen LogP contribution is -2.18. The Morgan fingerprint density at radius 1 is 1.50 bits per heavy atom. The topological polar surface area (TPSA) is 73.2 Å². The minimum absolute atomic E-state index is 0.270. The maximum absolute atomic E-state index is 12.4. The van der Waals surface area contributed by atoms with Crippen molar-refractivity contribution in [1.29, 1.82) is 0 Å². The Morgan fingerprint density at radius 3 is 2.91 bits per heavy atom. The van der Waals surface area contributed by atoms with Crippen molar-refractivity contribution in [3.05, 3.63) is 34.5 Å². The second-order valence-electron chi connectivity index (χ2n) is 5.15. The number of rotatable bonds is 5. The number of esters is 1. The molecule has 0 atom stereocenters. The molecular weight excluding hydrogens is 302 g/mol. The summed E-state index contributed by atoms with van der Waals surface area (Å²) in [4.78, 5) is 24.5. The quantitative estimate of drug-likeness (QED) is 0.860. The summed E-state index contributed by atoms with van der Waals surface area (Å²) in [6.45, 7) is 2.53. The molecule has 0 spiro atoms. The lowest BCUT2D eigenvalue weighted by Gasteiger charge is -2.08. The minimum atomic E-state index is -0.401. The largest absolute Gasteiger partial charge is 0.465 e. The molecule has 2 aromatic heterocycles. The molecule has 0 saturated heterocycles. The molecule has 7 heteroatoms. The van der Waals surface area contributed by atoms with Crippen LogP contribution in [0.5, 0.6) is 0 Å². The second-order valence-corrected chi connectivity index (χ2v) is 6.03. The van der Waals surface area contributed by atoms with E-state index in [1.54, 1.807) is 16.9 Å². The Morgan fingerprint density at radius 2 is 2.27 bits per heavy atom. The molecular formula is C15H17N3O3S. The summed E-state index contributed by atoms with van der Waals surface area (Å²) in [7, 11) is 1.36. The van der Waals surface area contributed by atoms with Crippen LogP contribution in [-0.2, 0) is 11.3 Å². The summed E-state index contributed by atoms with van der Waals surface area (Å²) < 4.78 is 6.48. The molecule has 0 aliphatic heterocycles. The number of carbonyl (C=O) groups is 2. The molecule has 2 heterocycles. The summed E-state index contributed by atoms with van der Waals surface area (Å²) in [5.74, 6) is -0.256. The van der Waals surface area contributed by atoms with E-state index in [9.17, 15) is 9.59 Å². The number of carbonyl (C=O) groups excluding carboxylic acids is 2. The molecule has 1 saturated carbocycles.